The summed E-state index contributed by atoms with van der Waals surface area (Å²) in [6.07, 6.45) is 0. The van der Waals surface area contributed by atoms with E-state index in [1.165, 1.54) is 6.07 Å². The van der Waals surface area contributed by atoms with E-state index in [0.29, 0.717) is 18.1 Å². The van der Waals surface area contributed by atoms with Crippen LogP contribution in [0.15, 0.2) is 22.6 Å². The first-order chi connectivity index (χ1) is 8.19. The molecule has 0 spiro atoms. The summed E-state index contributed by atoms with van der Waals surface area (Å²) >= 11 is 0. The Labute approximate surface area is 95.9 Å². The van der Waals surface area contributed by atoms with Crippen LogP contribution in [0.5, 0.6) is 0 Å². The molecule has 2 N–H and O–H groups in total. The van der Waals surface area contributed by atoms with Crippen molar-refractivity contribution >= 4 is 11.7 Å². The van der Waals surface area contributed by atoms with E-state index in [1.807, 2.05) is 0 Å². The van der Waals surface area contributed by atoms with Gasteiger partial charge in [0.1, 0.15) is 0 Å². The van der Waals surface area contributed by atoms with E-state index in [2.05, 4.69) is 20.8 Å². The molecule has 1 heterocycles. The molecule has 17 heavy (non-hydrogen) atoms. The second-order valence-electron chi connectivity index (χ2n) is 3.29. The Balaban J connectivity index is 2.11. The molecular weight excluding hydrogens is 230 g/mol. The second kappa shape index (κ2) is 4.88. The maximum Gasteiger partial charge on any atom is 0.320 e. The number of nitrogens with one attached hydrogen (secondary N) is 2. The van der Waals surface area contributed by atoms with Gasteiger partial charge in [-0.15, -0.1) is 5.10 Å². The van der Waals surface area contributed by atoms with Crippen LogP contribution < -0.4 is 10.6 Å². The molecule has 5 nitrogen and oxygen atoms in total. The largest absolute Gasteiger partial charge is 0.406 e. The number of nitrogens with zero attached hydrogens (tertiary/aromatic N) is 2. The van der Waals surface area contributed by atoms with E-state index in [4.69, 9.17) is 4.42 Å². The van der Waals surface area contributed by atoms with E-state index in [1.54, 1.807) is 7.05 Å². The van der Waals surface area contributed by atoms with Crippen molar-refractivity contribution in [1.82, 2.24) is 15.5 Å². The molecule has 0 fully saturated rings. The summed E-state index contributed by atoms with van der Waals surface area (Å²) in [7, 11) is 1.74. The number of halogens is 2. The highest BCUT2D eigenvalue weighted by Gasteiger charge is 2.07. The lowest BCUT2D eigenvalue weighted by Crippen LogP contribution is -2.04. The van der Waals surface area contributed by atoms with Crippen molar-refractivity contribution < 1.29 is 13.2 Å². The van der Waals surface area contributed by atoms with Crippen molar-refractivity contribution in [3.8, 4) is 0 Å². The summed E-state index contributed by atoms with van der Waals surface area (Å²) in [5.41, 5.74) is 0.337. The van der Waals surface area contributed by atoms with E-state index < -0.39 is 11.6 Å². The maximum atomic E-state index is 12.9. The van der Waals surface area contributed by atoms with Gasteiger partial charge in [0.25, 0.3) is 0 Å². The van der Waals surface area contributed by atoms with Gasteiger partial charge in [0.05, 0.1) is 6.54 Å². The van der Waals surface area contributed by atoms with Gasteiger partial charge in [0, 0.05) is 11.8 Å². The highest BCUT2D eigenvalue weighted by atomic mass is 19.2. The van der Waals surface area contributed by atoms with Gasteiger partial charge in [-0.25, -0.2) is 8.78 Å². The average Bonchev–Trinajstić information content (AvgIpc) is 2.72. The molecule has 7 heteroatoms. The smallest absolute Gasteiger partial charge is 0.320 e. The lowest BCUT2D eigenvalue weighted by Gasteiger charge is -2.01. The standard InChI is InChI=1S/C10H10F2N4O/c1-13-5-9-15-16-10(17-9)14-6-2-3-7(11)8(12)4-6/h2-4,13H,5H2,1H3,(H,14,16). The van der Waals surface area contributed by atoms with Crippen molar-refractivity contribution in [2.75, 3.05) is 12.4 Å². The molecular formula is C10H10F2N4O. The third-order valence-corrected chi connectivity index (χ3v) is 1.97. The minimum absolute atomic E-state index is 0.126. The van der Waals surface area contributed by atoms with Gasteiger partial charge in [-0.05, 0) is 19.2 Å². The third-order valence-electron chi connectivity index (χ3n) is 1.97. The molecule has 1 aromatic heterocycles. The summed E-state index contributed by atoms with van der Waals surface area (Å²) in [5, 5.41) is 13.0. The Hall–Kier alpha value is -2.02. The first-order valence-electron chi connectivity index (χ1n) is 4.88. The van der Waals surface area contributed by atoms with Gasteiger partial charge in [0.15, 0.2) is 11.6 Å². The normalized spacial score (nSPS) is 10.5. The fourth-order valence-corrected chi connectivity index (χ4v) is 1.22. The summed E-state index contributed by atoms with van der Waals surface area (Å²) in [6.45, 7) is 0.437. The summed E-state index contributed by atoms with van der Waals surface area (Å²) in [6, 6.07) is 3.53. The van der Waals surface area contributed by atoms with Gasteiger partial charge < -0.3 is 15.1 Å². The van der Waals surface area contributed by atoms with Crippen LogP contribution in [-0.4, -0.2) is 17.2 Å². The molecule has 0 bridgehead atoms. The fraction of sp³-hybridized carbons (Fsp3) is 0.200. The van der Waals surface area contributed by atoms with Crippen LogP contribution in [0.4, 0.5) is 20.5 Å². The lowest BCUT2D eigenvalue weighted by atomic mass is 10.3. The molecule has 0 saturated carbocycles. The topological polar surface area (TPSA) is 63.0 Å². The van der Waals surface area contributed by atoms with Gasteiger partial charge >= 0.3 is 6.01 Å². The molecule has 0 unspecified atom stereocenters. The Morgan fingerprint density at radius 3 is 2.76 bits per heavy atom. The van der Waals surface area contributed by atoms with Crippen molar-refractivity contribution in [3.05, 3.63) is 35.7 Å². The fourth-order valence-electron chi connectivity index (χ4n) is 1.22. The predicted molar refractivity (Wildman–Crippen MR) is 56.7 cm³/mol. The predicted octanol–water partition coefficient (Wildman–Crippen LogP) is 1.81. The Kier molecular flexibility index (Phi) is 3.29. The van der Waals surface area contributed by atoms with Gasteiger partial charge in [-0.1, -0.05) is 5.10 Å². The molecule has 0 aliphatic carbocycles. The number of benzene rings is 1. The Morgan fingerprint density at radius 1 is 1.24 bits per heavy atom. The average molecular weight is 240 g/mol. The number of aromatic nitrogens is 2. The quantitative estimate of drug-likeness (QED) is 0.853. The molecule has 2 aromatic rings. The molecule has 0 amide bonds. The monoisotopic (exact) mass is 240 g/mol. The minimum Gasteiger partial charge on any atom is -0.406 e. The van der Waals surface area contributed by atoms with Crippen LogP contribution in [0, 0.1) is 11.6 Å². The summed E-state index contributed by atoms with van der Waals surface area (Å²) in [4.78, 5) is 0. The third kappa shape index (κ3) is 2.76. The molecule has 0 aliphatic heterocycles. The van der Waals surface area contributed by atoms with Gasteiger partial charge in [0.2, 0.25) is 5.89 Å². The number of rotatable bonds is 4. The first-order valence-corrected chi connectivity index (χ1v) is 4.88. The van der Waals surface area contributed by atoms with Crippen LogP contribution in [-0.2, 0) is 6.54 Å². The number of hydrogen-bond donors (Lipinski definition) is 2. The van der Waals surface area contributed by atoms with Gasteiger partial charge in [-0.3, -0.25) is 0 Å². The minimum atomic E-state index is -0.940. The van der Waals surface area contributed by atoms with Crippen LogP contribution in [0.3, 0.4) is 0 Å². The SMILES string of the molecule is CNCc1nnc(Nc2ccc(F)c(F)c2)o1. The highest BCUT2D eigenvalue weighted by Crippen LogP contribution is 2.17. The van der Waals surface area contributed by atoms with E-state index >= 15 is 0 Å². The van der Waals surface area contributed by atoms with E-state index in [-0.39, 0.29) is 6.01 Å². The molecule has 0 radical (unpaired) electrons. The molecule has 2 rings (SSSR count). The summed E-state index contributed by atoms with van der Waals surface area (Å²) < 4.78 is 30.8. The highest BCUT2D eigenvalue weighted by molar-refractivity contribution is 5.51. The molecule has 90 valence electrons. The zero-order valence-electron chi connectivity index (χ0n) is 9.00. The van der Waals surface area contributed by atoms with Crippen LogP contribution >= 0.6 is 0 Å². The van der Waals surface area contributed by atoms with Crippen LogP contribution in [0.1, 0.15) is 5.89 Å². The zero-order valence-corrected chi connectivity index (χ0v) is 9.00. The van der Waals surface area contributed by atoms with Crippen molar-refractivity contribution in [1.29, 1.82) is 0 Å². The zero-order chi connectivity index (χ0) is 12.3. The van der Waals surface area contributed by atoms with Crippen LogP contribution in [0.25, 0.3) is 0 Å². The Morgan fingerprint density at radius 2 is 2.06 bits per heavy atom. The van der Waals surface area contributed by atoms with Crippen molar-refractivity contribution in [2.45, 2.75) is 6.54 Å². The van der Waals surface area contributed by atoms with Crippen molar-refractivity contribution in [3.63, 3.8) is 0 Å². The molecule has 0 atom stereocenters. The molecule has 0 saturated heterocycles. The van der Waals surface area contributed by atoms with E-state index in [0.717, 1.165) is 12.1 Å². The van der Waals surface area contributed by atoms with Crippen molar-refractivity contribution in [2.24, 2.45) is 0 Å². The number of anilines is 2. The second-order valence-corrected chi connectivity index (χ2v) is 3.29. The number of hydrogen-bond acceptors (Lipinski definition) is 5. The molecule has 0 aliphatic rings. The first kappa shape index (κ1) is 11.5. The van der Waals surface area contributed by atoms with E-state index in [9.17, 15) is 8.78 Å². The van der Waals surface area contributed by atoms with Gasteiger partial charge in [-0.2, -0.15) is 0 Å². The Bertz CT molecular complexity index is 515. The summed E-state index contributed by atoms with van der Waals surface area (Å²) in [5.74, 6) is -1.44. The lowest BCUT2D eigenvalue weighted by molar-refractivity contribution is 0.492. The van der Waals surface area contributed by atoms with Crippen LogP contribution in [0.2, 0.25) is 0 Å². The maximum absolute atomic E-state index is 12.9. The molecule has 1 aromatic carbocycles.